The minimum absolute atomic E-state index is 0.0340. The van der Waals surface area contributed by atoms with E-state index in [0.717, 1.165) is 44.7 Å². The van der Waals surface area contributed by atoms with E-state index in [9.17, 15) is 9.59 Å². The van der Waals surface area contributed by atoms with Crippen molar-refractivity contribution in [2.24, 2.45) is 10.7 Å². The second kappa shape index (κ2) is 5.91. The number of allylic oxidation sites excluding steroid dienone is 3. The quantitative estimate of drug-likeness (QED) is 0.812. The molecular formula is C17H20ClN5O2. The van der Waals surface area contributed by atoms with Gasteiger partial charge < -0.3 is 10.6 Å². The third-order valence-electron chi connectivity index (χ3n) is 4.99. The molecule has 25 heavy (non-hydrogen) atoms. The third kappa shape index (κ3) is 2.45. The lowest BCUT2D eigenvalue weighted by molar-refractivity contribution is -0.111. The van der Waals surface area contributed by atoms with Gasteiger partial charge in [-0.25, -0.2) is 9.67 Å². The maximum absolute atomic E-state index is 12.9. The lowest BCUT2D eigenvalue weighted by Gasteiger charge is -2.20. The van der Waals surface area contributed by atoms with Gasteiger partial charge in [0.2, 0.25) is 5.78 Å². The van der Waals surface area contributed by atoms with Crippen LogP contribution < -0.4 is 16.2 Å². The van der Waals surface area contributed by atoms with Crippen LogP contribution >= 0.6 is 11.6 Å². The van der Waals surface area contributed by atoms with Crippen LogP contribution in [0.3, 0.4) is 0 Å². The molecule has 8 heteroatoms. The van der Waals surface area contributed by atoms with Gasteiger partial charge in [0, 0.05) is 31.8 Å². The highest BCUT2D eigenvalue weighted by Gasteiger charge is 2.30. The van der Waals surface area contributed by atoms with E-state index in [0.29, 0.717) is 23.5 Å². The number of rotatable bonds is 2. The largest absolute Gasteiger partial charge is 0.396 e. The normalized spacial score (nSPS) is 22.2. The Bertz CT molecular complexity index is 912. The predicted octanol–water partition coefficient (Wildman–Crippen LogP) is 1.66. The minimum Gasteiger partial charge on any atom is -0.396 e. The molecule has 0 aromatic carbocycles. The fraction of sp³-hybridized carbons (Fsp3) is 0.471. The van der Waals surface area contributed by atoms with Crippen molar-refractivity contribution in [3.8, 4) is 0 Å². The van der Waals surface area contributed by atoms with Gasteiger partial charge in [-0.05, 0) is 32.3 Å². The summed E-state index contributed by atoms with van der Waals surface area (Å²) in [4.78, 5) is 31.6. The molecule has 3 heterocycles. The third-order valence-corrected chi connectivity index (χ3v) is 5.36. The van der Waals surface area contributed by atoms with E-state index in [1.54, 1.807) is 17.7 Å². The van der Waals surface area contributed by atoms with Crippen molar-refractivity contribution >= 4 is 34.6 Å². The van der Waals surface area contributed by atoms with Crippen LogP contribution in [0.15, 0.2) is 32.2 Å². The number of ketones is 1. The van der Waals surface area contributed by atoms with Gasteiger partial charge in [-0.2, -0.15) is 0 Å². The molecule has 0 atom stereocenters. The average Bonchev–Trinajstić information content (AvgIpc) is 3.31. The van der Waals surface area contributed by atoms with Crippen molar-refractivity contribution in [3.63, 3.8) is 0 Å². The van der Waals surface area contributed by atoms with Gasteiger partial charge >= 0.3 is 0 Å². The highest BCUT2D eigenvalue weighted by atomic mass is 35.5. The molecule has 0 amide bonds. The first-order valence-electron chi connectivity index (χ1n) is 8.55. The molecule has 2 N–H and O–H groups in total. The van der Waals surface area contributed by atoms with Gasteiger partial charge in [0.15, 0.2) is 11.5 Å². The number of aliphatic imine (C=N–C) groups is 1. The number of hydrogen-bond acceptors (Lipinski definition) is 5. The van der Waals surface area contributed by atoms with E-state index in [-0.39, 0.29) is 22.1 Å². The smallest absolute Gasteiger partial charge is 0.294 e. The zero-order chi connectivity index (χ0) is 17.7. The van der Waals surface area contributed by atoms with Crippen molar-refractivity contribution in [2.45, 2.75) is 39.3 Å². The Morgan fingerprint density at radius 3 is 2.48 bits per heavy atom. The number of halogens is 1. The van der Waals surface area contributed by atoms with Gasteiger partial charge in [-0.3, -0.25) is 14.3 Å². The maximum Gasteiger partial charge on any atom is 0.294 e. The summed E-state index contributed by atoms with van der Waals surface area (Å²) < 4.78 is 3.78. The van der Waals surface area contributed by atoms with Crippen LogP contribution in [-0.2, 0) is 17.9 Å². The summed E-state index contributed by atoms with van der Waals surface area (Å²) in [6.07, 6.45) is 4.77. The molecule has 0 radical (unpaired) electrons. The van der Waals surface area contributed by atoms with E-state index in [4.69, 9.17) is 17.3 Å². The summed E-state index contributed by atoms with van der Waals surface area (Å²) in [6.45, 7) is 5.01. The van der Waals surface area contributed by atoms with Crippen LogP contribution in [-0.4, -0.2) is 33.9 Å². The first-order valence-corrected chi connectivity index (χ1v) is 8.92. The fourth-order valence-electron chi connectivity index (χ4n) is 3.69. The zero-order valence-electron chi connectivity index (χ0n) is 14.1. The van der Waals surface area contributed by atoms with E-state index in [2.05, 4.69) is 9.89 Å². The van der Waals surface area contributed by atoms with E-state index in [1.807, 2.05) is 4.68 Å². The Hall–Kier alpha value is -2.28. The molecule has 1 aromatic heterocycles. The first kappa shape index (κ1) is 16.2. The Kier molecular flexibility index (Phi) is 3.83. The molecule has 1 saturated heterocycles. The fourth-order valence-corrected chi connectivity index (χ4v) is 3.94. The van der Waals surface area contributed by atoms with Crippen molar-refractivity contribution in [1.82, 2.24) is 9.36 Å². The SMILES string of the molecule is CC1=C/C(=N/c2c(N3CCCC3)n3n(c2=O)CCC3)C(N)=C(Cl)C1=O. The summed E-state index contributed by atoms with van der Waals surface area (Å²) in [5.41, 5.74) is 7.24. The van der Waals surface area contributed by atoms with Crippen LogP contribution in [0.25, 0.3) is 0 Å². The Labute approximate surface area is 150 Å². The second-order valence-corrected chi connectivity index (χ2v) is 7.03. The summed E-state index contributed by atoms with van der Waals surface area (Å²) in [5.74, 6) is 0.563. The number of aromatic nitrogens is 2. The topological polar surface area (TPSA) is 85.6 Å². The Morgan fingerprint density at radius 2 is 1.76 bits per heavy atom. The molecule has 2 aliphatic heterocycles. The highest BCUT2D eigenvalue weighted by Crippen LogP contribution is 2.33. The van der Waals surface area contributed by atoms with Crippen LogP contribution in [0.4, 0.5) is 11.5 Å². The number of fused-ring (bicyclic) bond motifs is 1. The molecular weight excluding hydrogens is 342 g/mol. The monoisotopic (exact) mass is 361 g/mol. The molecule has 0 saturated carbocycles. The maximum atomic E-state index is 12.9. The number of anilines is 1. The number of hydrogen-bond donors (Lipinski definition) is 1. The van der Waals surface area contributed by atoms with Gasteiger partial charge in [-0.15, -0.1) is 0 Å². The van der Waals surface area contributed by atoms with Crippen LogP contribution in [0.5, 0.6) is 0 Å². The molecule has 1 aromatic rings. The molecule has 1 fully saturated rings. The standard InChI is InChI=1S/C17H20ClN5O2/c1-10-9-11(13(19)12(18)15(10)24)20-14-16(21-5-2-3-6-21)22-7-4-8-23(22)17(14)25/h9H,2-8,19H2,1H3/b20-11-. The number of nitrogens with two attached hydrogens (primary N) is 1. The Balaban J connectivity index is 1.89. The van der Waals surface area contributed by atoms with Crippen molar-refractivity contribution in [1.29, 1.82) is 0 Å². The highest BCUT2D eigenvalue weighted by molar-refractivity contribution is 6.49. The van der Waals surface area contributed by atoms with E-state index < -0.39 is 0 Å². The number of carbonyl (C=O) groups is 1. The van der Waals surface area contributed by atoms with Gasteiger partial charge in [-0.1, -0.05) is 11.6 Å². The molecule has 7 nitrogen and oxygen atoms in total. The van der Waals surface area contributed by atoms with Gasteiger partial charge in [0.25, 0.3) is 5.56 Å². The Morgan fingerprint density at radius 1 is 1.08 bits per heavy atom. The predicted molar refractivity (Wildman–Crippen MR) is 97.7 cm³/mol. The van der Waals surface area contributed by atoms with Crippen LogP contribution in [0, 0.1) is 0 Å². The van der Waals surface area contributed by atoms with Gasteiger partial charge in [0.1, 0.15) is 5.03 Å². The van der Waals surface area contributed by atoms with Crippen molar-refractivity contribution in [2.75, 3.05) is 18.0 Å². The summed E-state index contributed by atoms with van der Waals surface area (Å²) in [5, 5.41) is -0.0340. The van der Waals surface area contributed by atoms with Crippen molar-refractivity contribution < 1.29 is 4.79 Å². The summed E-state index contributed by atoms with van der Waals surface area (Å²) in [6, 6.07) is 0. The first-order chi connectivity index (χ1) is 12.0. The number of Topliss-reactive ketones (excluding diaryl/α,β-unsaturated/α-hetero) is 1. The molecule has 4 rings (SSSR count). The van der Waals surface area contributed by atoms with E-state index in [1.165, 1.54) is 0 Å². The molecule has 0 unspecified atom stereocenters. The van der Waals surface area contributed by atoms with E-state index >= 15 is 0 Å². The lowest BCUT2D eigenvalue weighted by Crippen LogP contribution is -2.23. The average molecular weight is 362 g/mol. The molecule has 132 valence electrons. The van der Waals surface area contributed by atoms with Crippen molar-refractivity contribution in [3.05, 3.63) is 32.7 Å². The molecule has 0 bridgehead atoms. The molecule has 3 aliphatic rings. The number of nitrogens with zero attached hydrogens (tertiary/aromatic N) is 4. The number of carbonyl (C=O) groups excluding carboxylic acids is 1. The zero-order valence-corrected chi connectivity index (χ0v) is 14.8. The summed E-state index contributed by atoms with van der Waals surface area (Å²) in [7, 11) is 0. The minimum atomic E-state index is -0.297. The van der Waals surface area contributed by atoms with Crippen LogP contribution in [0.2, 0.25) is 0 Å². The van der Waals surface area contributed by atoms with Crippen LogP contribution in [0.1, 0.15) is 26.2 Å². The second-order valence-electron chi connectivity index (χ2n) is 6.65. The molecule has 0 spiro atoms. The molecule has 1 aliphatic carbocycles. The van der Waals surface area contributed by atoms with Gasteiger partial charge in [0.05, 0.1) is 11.4 Å². The lowest BCUT2D eigenvalue weighted by atomic mass is 10.0. The summed E-state index contributed by atoms with van der Waals surface area (Å²) >= 11 is 6.04.